The lowest BCUT2D eigenvalue weighted by Gasteiger charge is -2.10. The third-order valence-corrected chi connectivity index (χ3v) is 5.83. The van der Waals surface area contributed by atoms with E-state index in [4.69, 9.17) is 15.6 Å². The fourth-order valence-corrected chi connectivity index (χ4v) is 3.64. The smallest absolute Gasteiger partial charge is 0.344 e. The molecule has 0 fully saturated rings. The second-order valence-electron chi connectivity index (χ2n) is 9.01. The molecule has 0 radical (unpaired) electrons. The van der Waals surface area contributed by atoms with Gasteiger partial charge in [-0.15, -0.1) is 0 Å². The van der Waals surface area contributed by atoms with Gasteiger partial charge >= 0.3 is 5.97 Å². The first-order chi connectivity index (χ1) is 18.2. The van der Waals surface area contributed by atoms with Crippen molar-refractivity contribution in [3.05, 3.63) is 131 Å². The van der Waals surface area contributed by atoms with Gasteiger partial charge < -0.3 is 20.1 Å². The molecule has 0 saturated heterocycles. The lowest BCUT2D eigenvalue weighted by atomic mass is 10.1. The zero-order chi connectivity index (χ0) is 27.5. The average molecular weight is 511 g/mol. The number of carbonyl (C=O) groups is 2. The van der Waals surface area contributed by atoms with Crippen LogP contribution in [0.25, 0.3) is 6.08 Å². The highest BCUT2D eigenvalue weighted by Gasteiger charge is 2.13. The number of allylic oxidation sites excluding steroid dienone is 1. The van der Waals surface area contributed by atoms with E-state index in [0.29, 0.717) is 23.6 Å². The van der Waals surface area contributed by atoms with Crippen LogP contribution >= 0.6 is 0 Å². The number of aromatic nitrogens is 1. The standard InChI is InChI=1S/C24H23NO4.C8H11N/c1-17-10-12-20(13-11-17)23(26)22-9-5-15-25(22)14-4-7-19-6-3-8-21(16-19)29-18(2)24(27)28;1-7(9)8-5-3-2-4-6-8/h3-13,15-16,18H,14H2,1-2H3,(H,27,28);2-7H,9H2,1H3/b7-4+;/t18-;7-/m00/s1. The van der Waals surface area contributed by atoms with E-state index in [1.165, 1.54) is 12.5 Å². The second-order valence-corrected chi connectivity index (χ2v) is 9.01. The van der Waals surface area contributed by atoms with E-state index < -0.39 is 12.1 Å². The first-order valence-electron chi connectivity index (χ1n) is 12.5. The van der Waals surface area contributed by atoms with Gasteiger partial charge in [-0.1, -0.05) is 84.4 Å². The summed E-state index contributed by atoms with van der Waals surface area (Å²) in [4.78, 5) is 23.7. The van der Waals surface area contributed by atoms with Crippen LogP contribution in [0.2, 0.25) is 0 Å². The lowest BCUT2D eigenvalue weighted by molar-refractivity contribution is -0.144. The largest absolute Gasteiger partial charge is 0.479 e. The number of hydrogen-bond acceptors (Lipinski definition) is 4. The third kappa shape index (κ3) is 8.32. The Morgan fingerprint density at radius 1 is 0.947 bits per heavy atom. The molecule has 3 N–H and O–H groups in total. The molecule has 6 heteroatoms. The van der Waals surface area contributed by atoms with Gasteiger partial charge in [0.15, 0.2) is 6.10 Å². The third-order valence-electron chi connectivity index (χ3n) is 5.83. The second kappa shape index (κ2) is 13.8. The van der Waals surface area contributed by atoms with Crippen LogP contribution in [0.5, 0.6) is 5.75 Å². The van der Waals surface area contributed by atoms with Crippen LogP contribution in [0.4, 0.5) is 0 Å². The number of carboxylic acids is 1. The summed E-state index contributed by atoms with van der Waals surface area (Å²) in [5.74, 6) is -0.524. The predicted molar refractivity (Wildman–Crippen MR) is 151 cm³/mol. The monoisotopic (exact) mass is 510 g/mol. The van der Waals surface area contributed by atoms with Crippen molar-refractivity contribution in [3.8, 4) is 5.75 Å². The minimum atomic E-state index is -1.01. The van der Waals surface area contributed by atoms with Crippen molar-refractivity contribution in [3.63, 3.8) is 0 Å². The first-order valence-corrected chi connectivity index (χ1v) is 12.5. The summed E-state index contributed by atoms with van der Waals surface area (Å²) >= 11 is 0. The Balaban J connectivity index is 0.000000375. The highest BCUT2D eigenvalue weighted by Crippen LogP contribution is 2.17. The highest BCUT2D eigenvalue weighted by atomic mass is 16.5. The Labute approximate surface area is 224 Å². The van der Waals surface area contributed by atoms with Crippen LogP contribution in [0.1, 0.15) is 52.6 Å². The fourth-order valence-electron chi connectivity index (χ4n) is 3.64. The SMILES string of the molecule is C[C@H](N)c1ccccc1.Cc1ccc(C(=O)c2cccn2C/C=C/c2cccc(O[C@@H](C)C(=O)O)c2)cc1. The molecule has 196 valence electrons. The van der Waals surface area contributed by atoms with Gasteiger partial charge in [-0.3, -0.25) is 4.79 Å². The highest BCUT2D eigenvalue weighted by molar-refractivity contribution is 6.08. The number of ketones is 1. The number of rotatable bonds is 9. The van der Waals surface area contributed by atoms with Crippen molar-refractivity contribution in [2.24, 2.45) is 5.73 Å². The van der Waals surface area contributed by atoms with Crippen LogP contribution in [-0.4, -0.2) is 27.5 Å². The molecule has 1 aromatic heterocycles. The molecule has 1 heterocycles. The molecule has 2 atom stereocenters. The molecule has 0 amide bonds. The van der Waals surface area contributed by atoms with Gasteiger partial charge in [0, 0.05) is 24.3 Å². The molecule has 0 saturated carbocycles. The summed E-state index contributed by atoms with van der Waals surface area (Å²) in [7, 11) is 0. The van der Waals surface area contributed by atoms with Crippen LogP contribution in [-0.2, 0) is 11.3 Å². The number of carbonyl (C=O) groups excluding carboxylic acids is 1. The molecule has 0 bridgehead atoms. The summed E-state index contributed by atoms with van der Waals surface area (Å²) in [5, 5.41) is 8.96. The molecule has 0 aliphatic carbocycles. The zero-order valence-corrected chi connectivity index (χ0v) is 22.0. The first kappa shape index (κ1) is 28.2. The van der Waals surface area contributed by atoms with Gasteiger partial charge in [-0.05, 0) is 56.2 Å². The van der Waals surface area contributed by atoms with E-state index >= 15 is 0 Å². The van der Waals surface area contributed by atoms with E-state index in [-0.39, 0.29) is 11.8 Å². The Bertz CT molecular complexity index is 1360. The number of ether oxygens (including phenoxy) is 1. The van der Waals surface area contributed by atoms with E-state index in [0.717, 1.165) is 11.1 Å². The Hall–Kier alpha value is -4.42. The molecule has 0 aliphatic rings. The van der Waals surface area contributed by atoms with E-state index in [9.17, 15) is 9.59 Å². The van der Waals surface area contributed by atoms with Crippen molar-refractivity contribution in [1.29, 1.82) is 0 Å². The molecule has 38 heavy (non-hydrogen) atoms. The summed E-state index contributed by atoms with van der Waals surface area (Å²) in [6, 6.07) is 28.7. The predicted octanol–water partition coefficient (Wildman–Crippen LogP) is 6.30. The van der Waals surface area contributed by atoms with E-state index in [1.807, 2.05) is 116 Å². The maximum absolute atomic E-state index is 12.8. The molecule has 0 unspecified atom stereocenters. The fraction of sp³-hybridized carbons (Fsp3) is 0.188. The number of nitrogens with two attached hydrogens (primary N) is 1. The Kier molecular flexibility index (Phi) is 10.2. The Morgan fingerprint density at radius 2 is 1.66 bits per heavy atom. The maximum Gasteiger partial charge on any atom is 0.344 e. The number of nitrogens with zero attached hydrogens (tertiary/aromatic N) is 1. The van der Waals surface area contributed by atoms with Crippen LogP contribution in [0.15, 0.2) is 103 Å². The summed E-state index contributed by atoms with van der Waals surface area (Å²) in [6.45, 7) is 6.00. The molecule has 4 rings (SSSR count). The van der Waals surface area contributed by atoms with Crippen molar-refractivity contribution < 1.29 is 19.4 Å². The van der Waals surface area contributed by atoms with Crippen molar-refractivity contribution in [2.45, 2.75) is 39.5 Å². The molecular formula is C32H34N2O4. The van der Waals surface area contributed by atoms with E-state index in [2.05, 4.69) is 0 Å². The van der Waals surface area contributed by atoms with E-state index in [1.54, 1.807) is 12.1 Å². The summed E-state index contributed by atoms with van der Waals surface area (Å²) in [5.41, 5.74) is 10.1. The van der Waals surface area contributed by atoms with Crippen molar-refractivity contribution in [2.75, 3.05) is 0 Å². The molecule has 3 aromatic carbocycles. The van der Waals surface area contributed by atoms with Gasteiger partial charge in [0.25, 0.3) is 0 Å². The summed E-state index contributed by atoms with van der Waals surface area (Å²) < 4.78 is 7.29. The van der Waals surface area contributed by atoms with Gasteiger partial charge in [0.05, 0.1) is 5.69 Å². The Morgan fingerprint density at radius 3 is 2.29 bits per heavy atom. The number of hydrogen-bond donors (Lipinski definition) is 2. The average Bonchev–Trinajstić information content (AvgIpc) is 3.38. The quantitative estimate of drug-likeness (QED) is 0.258. The van der Waals surface area contributed by atoms with Gasteiger partial charge in [0.2, 0.25) is 5.78 Å². The number of benzene rings is 3. The van der Waals surface area contributed by atoms with Crippen molar-refractivity contribution >= 4 is 17.8 Å². The number of aryl methyl sites for hydroxylation is 1. The van der Waals surface area contributed by atoms with Gasteiger partial charge in [-0.25, -0.2) is 4.79 Å². The maximum atomic E-state index is 12.8. The van der Waals surface area contributed by atoms with Crippen LogP contribution in [0.3, 0.4) is 0 Å². The topological polar surface area (TPSA) is 94.5 Å². The normalized spacial score (nSPS) is 12.3. The van der Waals surface area contributed by atoms with Crippen LogP contribution in [0, 0.1) is 6.92 Å². The van der Waals surface area contributed by atoms with Gasteiger partial charge in [-0.2, -0.15) is 0 Å². The molecule has 6 nitrogen and oxygen atoms in total. The number of carboxylic acid groups (broad SMARTS) is 1. The molecule has 0 aliphatic heterocycles. The molecule has 4 aromatic rings. The molecule has 0 spiro atoms. The van der Waals surface area contributed by atoms with Crippen molar-refractivity contribution in [1.82, 2.24) is 4.57 Å². The zero-order valence-electron chi connectivity index (χ0n) is 22.0. The summed E-state index contributed by atoms with van der Waals surface area (Å²) in [6.07, 6.45) is 4.83. The minimum Gasteiger partial charge on any atom is -0.479 e. The van der Waals surface area contributed by atoms with Crippen LogP contribution < -0.4 is 10.5 Å². The number of aliphatic carboxylic acids is 1. The molecular weight excluding hydrogens is 476 g/mol. The minimum absolute atomic E-state index is 0.0125. The van der Waals surface area contributed by atoms with Gasteiger partial charge in [0.1, 0.15) is 5.75 Å². The lowest BCUT2D eigenvalue weighted by Crippen LogP contribution is -2.22.